The van der Waals surface area contributed by atoms with E-state index in [0.717, 1.165) is 5.56 Å². The summed E-state index contributed by atoms with van der Waals surface area (Å²) in [7, 11) is 0. The molecule has 1 rings (SSSR count). The van der Waals surface area contributed by atoms with Crippen LogP contribution in [0.5, 0.6) is 0 Å². The number of alkyl halides is 1. The summed E-state index contributed by atoms with van der Waals surface area (Å²) in [5.74, 6) is -0.570. The molecule has 0 atom stereocenters. The number of rotatable bonds is 2. The van der Waals surface area contributed by atoms with Gasteiger partial charge in [-0.15, -0.1) is 0 Å². The van der Waals surface area contributed by atoms with Gasteiger partial charge in [-0.1, -0.05) is 22.0 Å². The Labute approximate surface area is 84.3 Å². The standard InChI is InChI=1S/C9H7BrN2O/c10-4-6-1-2-7(5-11)8(3-6)9(12)13/h1-3H,4H2,(H2,12,13). The molecule has 0 bridgehead atoms. The Morgan fingerprint density at radius 2 is 2.31 bits per heavy atom. The highest BCUT2D eigenvalue weighted by molar-refractivity contribution is 9.08. The molecule has 0 radical (unpaired) electrons. The van der Waals surface area contributed by atoms with Gasteiger partial charge in [0.1, 0.15) is 0 Å². The first-order valence-corrected chi connectivity index (χ1v) is 4.70. The zero-order chi connectivity index (χ0) is 9.84. The largest absolute Gasteiger partial charge is 0.366 e. The number of carbonyl (C=O) groups is 1. The first-order valence-electron chi connectivity index (χ1n) is 3.58. The summed E-state index contributed by atoms with van der Waals surface area (Å²) >= 11 is 3.25. The van der Waals surface area contributed by atoms with E-state index in [4.69, 9.17) is 11.0 Å². The van der Waals surface area contributed by atoms with Crippen LogP contribution in [0.1, 0.15) is 21.5 Å². The van der Waals surface area contributed by atoms with E-state index in [1.54, 1.807) is 18.2 Å². The van der Waals surface area contributed by atoms with Gasteiger partial charge in [-0.2, -0.15) is 5.26 Å². The second kappa shape index (κ2) is 4.06. The van der Waals surface area contributed by atoms with Crippen molar-refractivity contribution in [2.24, 2.45) is 5.73 Å². The SMILES string of the molecule is N#Cc1ccc(CBr)cc1C(N)=O. The molecular formula is C9H7BrN2O. The zero-order valence-electron chi connectivity index (χ0n) is 6.75. The highest BCUT2D eigenvalue weighted by Gasteiger charge is 2.07. The lowest BCUT2D eigenvalue weighted by Crippen LogP contribution is -2.13. The number of benzene rings is 1. The molecule has 3 nitrogen and oxygen atoms in total. The summed E-state index contributed by atoms with van der Waals surface area (Å²) in [5.41, 5.74) is 6.63. The third-order valence-corrected chi connectivity index (χ3v) is 2.27. The van der Waals surface area contributed by atoms with Crippen molar-refractivity contribution in [1.82, 2.24) is 0 Å². The molecule has 0 fully saturated rings. The van der Waals surface area contributed by atoms with Crippen LogP contribution in [0.3, 0.4) is 0 Å². The topological polar surface area (TPSA) is 66.9 Å². The highest BCUT2D eigenvalue weighted by Crippen LogP contribution is 2.13. The van der Waals surface area contributed by atoms with Gasteiger partial charge < -0.3 is 5.73 Å². The van der Waals surface area contributed by atoms with Gasteiger partial charge in [0, 0.05) is 5.33 Å². The van der Waals surface area contributed by atoms with Crippen molar-refractivity contribution in [1.29, 1.82) is 5.26 Å². The maximum atomic E-state index is 10.9. The smallest absolute Gasteiger partial charge is 0.250 e. The molecule has 0 aromatic heterocycles. The summed E-state index contributed by atoms with van der Waals surface area (Å²) in [4.78, 5) is 10.9. The monoisotopic (exact) mass is 238 g/mol. The van der Waals surface area contributed by atoms with Gasteiger partial charge in [0.15, 0.2) is 0 Å². The molecule has 4 heteroatoms. The number of carbonyl (C=O) groups excluding carboxylic acids is 1. The predicted molar refractivity (Wildman–Crippen MR) is 52.3 cm³/mol. The van der Waals surface area contributed by atoms with Crippen molar-refractivity contribution in [3.8, 4) is 6.07 Å². The molecule has 0 aliphatic heterocycles. The van der Waals surface area contributed by atoms with Crippen LogP contribution < -0.4 is 5.73 Å². The summed E-state index contributed by atoms with van der Waals surface area (Å²) in [6.45, 7) is 0. The minimum atomic E-state index is -0.570. The van der Waals surface area contributed by atoms with Crippen LogP contribution in [0.2, 0.25) is 0 Å². The number of nitrogens with zero attached hydrogens (tertiary/aromatic N) is 1. The molecule has 1 aromatic rings. The number of hydrogen-bond acceptors (Lipinski definition) is 2. The summed E-state index contributed by atoms with van der Waals surface area (Å²) < 4.78 is 0. The molecule has 1 amide bonds. The summed E-state index contributed by atoms with van der Waals surface area (Å²) in [6, 6.07) is 6.90. The lowest BCUT2D eigenvalue weighted by molar-refractivity contribution is 0.1000. The van der Waals surface area contributed by atoms with E-state index in [2.05, 4.69) is 15.9 Å². The second-order valence-electron chi connectivity index (χ2n) is 2.49. The van der Waals surface area contributed by atoms with E-state index >= 15 is 0 Å². The first kappa shape index (κ1) is 9.75. The number of amides is 1. The van der Waals surface area contributed by atoms with Crippen molar-refractivity contribution in [3.05, 3.63) is 34.9 Å². The minimum absolute atomic E-state index is 0.277. The molecular weight excluding hydrogens is 232 g/mol. The minimum Gasteiger partial charge on any atom is -0.366 e. The number of hydrogen-bond donors (Lipinski definition) is 1. The predicted octanol–water partition coefficient (Wildman–Crippen LogP) is 1.55. The van der Waals surface area contributed by atoms with Gasteiger partial charge in [0.05, 0.1) is 17.2 Å². The van der Waals surface area contributed by atoms with Crippen LogP contribution in [-0.4, -0.2) is 5.91 Å². The number of nitriles is 1. The fraction of sp³-hybridized carbons (Fsp3) is 0.111. The zero-order valence-corrected chi connectivity index (χ0v) is 8.34. The molecule has 0 aliphatic carbocycles. The Morgan fingerprint density at radius 1 is 1.62 bits per heavy atom. The molecule has 0 spiro atoms. The molecule has 1 aromatic carbocycles. The van der Waals surface area contributed by atoms with E-state index in [1.807, 2.05) is 6.07 Å². The molecule has 13 heavy (non-hydrogen) atoms. The fourth-order valence-corrected chi connectivity index (χ4v) is 1.32. The fourth-order valence-electron chi connectivity index (χ4n) is 0.976. The van der Waals surface area contributed by atoms with Crippen LogP contribution in [0.4, 0.5) is 0 Å². The third-order valence-electron chi connectivity index (χ3n) is 1.62. The maximum absolute atomic E-state index is 10.9. The molecule has 0 saturated heterocycles. The van der Waals surface area contributed by atoms with Crippen LogP contribution in [0.15, 0.2) is 18.2 Å². The first-order chi connectivity index (χ1) is 6.19. The molecule has 0 heterocycles. The molecule has 0 aliphatic rings. The lowest BCUT2D eigenvalue weighted by Gasteiger charge is -2.01. The van der Waals surface area contributed by atoms with E-state index in [0.29, 0.717) is 10.9 Å². The molecule has 66 valence electrons. The molecule has 0 unspecified atom stereocenters. The van der Waals surface area contributed by atoms with E-state index in [9.17, 15) is 4.79 Å². The van der Waals surface area contributed by atoms with Gasteiger partial charge in [-0.3, -0.25) is 4.79 Å². The average Bonchev–Trinajstić information content (AvgIpc) is 2.16. The molecule has 0 saturated carbocycles. The van der Waals surface area contributed by atoms with Gasteiger partial charge in [0.25, 0.3) is 0 Å². The van der Waals surface area contributed by atoms with Gasteiger partial charge in [-0.25, -0.2) is 0 Å². The van der Waals surface area contributed by atoms with Crippen molar-refractivity contribution in [2.45, 2.75) is 5.33 Å². The van der Waals surface area contributed by atoms with E-state index in [-0.39, 0.29) is 5.56 Å². The van der Waals surface area contributed by atoms with Gasteiger partial charge in [0.2, 0.25) is 5.91 Å². The lowest BCUT2D eigenvalue weighted by atomic mass is 10.1. The Hall–Kier alpha value is -1.34. The number of nitrogens with two attached hydrogens (primary N) is 1. The van der Waals surface area contributed by atoms with Gasteiger partial charge >= 0.3 is 0 Å². The summed E-state index contributed by atoms with van der Waals surface area (Å²) in [6.07, 6.45) is 0. The van der Waals surface area contributed by atoms with Crippen molar-refractivity contribution in [2.75, 3.05) is 0 Å². The maximum Gasteiger partial charge on any atom is 0.250 e. The Bertz CT molecular complexity index is 382. The van der Waals surface area contributed by atoms with E-state index in [1.165, 1.54) is 0 Å². The van der Waals surface area contributed by atoms with Gasteiger partial charge in [-0.05, 0) is 17.7 Å². The van der Waals surface area contributed by atoms with Crippen molar-refractivity contribution >= 4 is 21.8 Å². The van der Waals surface area contributed by atoms with Crippen molar-refractivity contribution < 1.29 is 4.79 Å². The van der Waals surface area contributed by atoms with Crippen LogP contribution >= 0.6 is 15.9 Å². The van der Waals surface area contributed by atoms with Crippen LogP contribution in [0, 0.1) is 11.3 Å². The normalized spacial score (nSPS) is 9.23. The number of primary amides is 1. The summed E-state index contributed by atoms with van der Waals surface area (Å²) in [5, 5.41) is 9.30. The number of halogens is 1. The Morgan fingerprint density at radius 3 is 2.77 bits per heavy atom. The van der Waals surface area contributed by atoms with Crippen molar-refractivity contribution in [3.63, 3.8) is 0 Å². The highest BCUT2D eigenvalue weighted by atomic mass is 79.9. The quantitative estimate of drug-likeness (QED) is 0.795. The Balaban J connectivity index is 3.28. The third kappa shape index (κ3) is 2.07. The van der Waals surface area contributed by atoms with Crippen LogP contribution in [0.25, 0.3) is 0 Å². The van der Waals surface area contributed by atoms with E-state index < -0.39 is 5.91 Å². The average molecular weight is 239 g/mol. The Kier molecular flexibility index (Phi) is 3.04. The second-order valence-corrected chi connectivity index (χ2v) is 3.05. The molecule has 2 N–H and O–H groups in total. The van der Waals surface area contributed by atoms with Crippen LogP contribution in [-0.2, 0) is 5.33 Å².